The standard InChI is InChI=1S/C14H11ClN2/c1-4-12-10(3)16-14(17-13(12)15)11-7-5-9(2)6-8-11/h1,5-8H,2-3H3. The van der Waals surface area contributed by atoms with Crippen LogP contribution in [0.3, 0.4) is 0 Å². The minimum absolute atomic E-state index is 0.329. The minimum Gasteiger partial charge on any atom is -0.232 e. The molecule has 0 radical (unpaired) electrons. The molecule has 84 valence electrons. The van der Waals surface area contributed by atoms with Gasteiger partial charge in [0.05, 0.1) is 11.3 Å². The van der Waals surface area contributed by atoms with Crippen LogP contribution in [0, 0.1) is 26.2 Å². The van der Waals surface area contributed by atoms with Crippen molar-refractivity contribution in [2.45, 2.75) is 13.8 Å². The van der Waals surface area contributed by atoms with Crippen molar-refractivity contribution in [2.24, 2.45) is 0 Å². The van der Waals surface area contributed by atoms with Crippen LogP contribution in [0.25, 0.3) is 11.4 Å². The van der Waals surface area contributed by atoms with Gasteiger partial charge in [0.1, 0.15) is 5.15 Å². The summed E-state index contributed by atoms with van der Waals surface area (Å²) in [5, 5.41) is 0.329. The Morgan fingerprint density at radius 3 is 2.29 bits per heavy atom. The molecule has 1 heterocycles. The molecule has 0 saturated heterocycles. The summed E-state index contributed by atoms with van der Waals surface area (Å²) >= 11 is 6.02. The third-order valence-electron chi connectivity index (χ3n) is 2.50. The number of hydrogen-bond donors (Lipinski definition) is 0. The van der Waals surface area contributed by atoms with Crippen LogP contribution in [0.1, 0.15) is 16.8 Å². The second-order valence-corrected chi connectivity index (χ2v) is 4.17. The first-order valence-corrected chi connectivity index (χ1v) is 5.57. The molecule has 1 aromatic heterocycles. The highest BCUT2D eigenvalue weighted by molar-refractivity contribution is 6.30. The van der Waals surface area contributed by atoms with E-state index in [2.05, 4.69) is 15.9 Å². The lowest BCUT2D eigenvalue weighted by atomic mass is 10.1. The smallest absolute Gasteiger partial charge is 0.161 e. The van der Waals surface area contributed by atoms with Gasteiger partial charge in [-0.1, -0.05) is 47.4 Å². The molecule has 3 heteroatoms. The lowest BCUT2D eigenvalue weighted by molar-refractivity contribution is 1.10. The molecular weight excluding hydrogens is 232 g/mol. The van der Waals surface area contributed by atoms with E-state index in [4.69, 9.17) is 18.0 Å². The van der Waals surface area contributed by atoms with E-state index in [0.717, 1.165) is 11.3 Å². The number of nitrogens with zero attached hydrogens (tertiary/aromatic N) is 2. The van der Waals surface area contributed by atoms with Gasteiger partial charge < -0.3 is 0 Å². The summed E-state index contributed by atoms with van der Waals surface area (Å²) in [4.78, 5) is 8.58. The van der Waals surface area contributed by atoms with Gasteiger partial charge in [-0.2, -0.15) is 0 Å². The quantitative estimate of drug-likeness (QED) is 0.566. The van der Waals surface area contributed by atoms with Gasteiger partial charge in [-0.15, -0.1) is 6.42 Å². The van der Waals surface area contributed by atoms with Gasteiger partial charge in [-0.3, -0.25) is 0 Å². The van der Waals surface area contributed by atoms with Crippen LogP contribution in [-0.2, 0) is 0 Å². The highest BCUT2D eigenvalue weighted by Crippen LogP contribution is 2.21. The van der Waals surface area contributed by atoms with E-state index >= 15 is 0 Å². The number of aromatic nitrogens is 2. The fourth-order valence-electron chi connectivity index (χ4n) is 1.53. The highest BCUT2D eigenvalue weighted by atomic mass is 35.5. The van der Waals surface area contributed by atoms with Crippen molar-refractivity contribution in [1.29, 1.82) is 0 Å². The first-order valence-electron chi connectivity index (χ1n) is 5.19. The van der Waals surface area contributed by atoms with Crippen molar-refractivity contribution in [3.05, 3.63) is 46.2 Å². The predicted molar refractivity (Wildman–Crippen MR) is 69.9 cm³/mol. The van der Waals surface area contributed by atoms with E-state index in [1.54, 1.807) is 0 Å². The SMILES string of the molecule is C#Cc1c(C)nc(-c2ccc(C)cc2)nc1Cl. The lowest BCUT2D eigenvalue weighted by Crippen LogP contribution is -1.97. The van der Waals surface area contributed by atoms with Crippen LogP contribution in [0.5, 0.6) is 0 Å². The molecule has 0 aliphatic carbocycles. The largest absolute Gasteiger partial charge is 0.232 e. The first-order chi connectivity index (χ1) is 8.11. The Bertz CT molecular complexity index is 572. The molecule has 2 rings (SSSR count). The number of benzene rings is 1. The zero-order valence-electron chi connectivity index (χ0n) is 9.66. The molecule has 0 bridgehead atoms. The van der Waals surface area contributed by atoms with Crippen molar-refractivity contribution in [2.75, 3.05) is 0 Å². The van der Waals surface area contributed by atoms with Gasteiger partial charge in [0.25, 0.3) is 0 Å². The summed E-state index contributed by atoms with van der Waals surface area (Å²) in [5.74, 6) is 3.10. The molecule has 0 aliphatic heterocycles. The third kappa shape index (κ3) is 2.30. The maximum Gasteiger partial charge on any atom is 0.161 e. The number of aryl methyl sites for hydroxylation is 2. The van der Waals surface area contributed by atoms with Gasteiger partial charge in [0, 0.05) is 5.56 Å². The van der Waals surface area contributed by atoms with E-state index < -0.39 is 0 Å². The molecule has 0 unspecified atom stereocenters. The van der Waals surface area contributed by atoms with Crippen LogP contribution < -0.4 is 0 Å². The molecule has 0 saturated carbocycles. The van der Waals surface area contributed by atoms with Crippen LogP contribution in [-0.4, -0.2) is 9.97 Å². The van der Waals surface area contributed by atoms with E-state index in [9.17, 15) is 0 Å². The number of terminal acetylenes is 1. The predicted octanol–water partition coefficient (Wildman–Crippen LogP) is 3.40. The van der Waals surface area contributed by atoms with Crippen LogP contribution >= 0.6 is 11.6 Å². The van der Waals surface area contributed by atoms with Crippen LogP contribution in [0.15, 0.2) is 24.3 Å². The zero-order chi connectivity index (χ0) is 12.4. The summed E-state index contributed by atoms with van der Waals surface area (Å²) < 4.78 is 0. The number of halogens is 1. The lowest BCUT2D eigenvalue weighted by Gasteiger charge is -2.05. The highest BCUT2D eigenvalue weighted by Gasteiger charge is 2.09. The van der Waals surface area contributed by atoms with Gasteiger partial charge in [0.2, 0.25) is 0 Å². The van der Waals surface area contributed by atoms with Gasteiger partial charge in [-0.25, -0.2) is 9.97 Å². The molecule has 0 aliphatic rings. The van der Waals surface area contributed by atoms with E-state index in [-0.39, 0.29) is 0 Å². The summed E-state index contributed by atoms with van der Waals surface area (Å²) in [5.41, 5.74) is 3.41. The van der Waals surface area contributed by atoms with Crippen molar-refractivity contribution in [3.8, 4) is 23.7 Å². The maximum atomic E-state index is 6.02. The van der Waals surface area contributed by atoms with Gasteiger partial charge in [-0.05, 0) is 13.8 Å². The maximum absolute atomic E-state index is 6.02. The average Bonchev–Trinajstić information content (AvgIpc) is 2.29. The number of hydrogen-bond acceptors (Lipinski definition) is 2. The van der Waals surface area contributed by atoms with Crippen molar-refractivity contribution in [1.82, 2.24) is 9.97 Å². The van der Waals surface area contributed by atoms with Gasteiger partial charge in [0.15, 0.2) is 5.82 Å². The first kappa shape index (κ1) is 11.6. The van der Waals surface area contributed by atoms with E-state index in [1.165, 1.54) is 5.56 Å². The molecule has 1 aromatic carbocycles. The Labute approximate surface area is 106 Å². The fraction of sp³-hybridized carbons (Fsp3) is 0.143. The van der Waals surface area contributed by atoms with Crippen molar-refractivity contribution < 1.29 is 0 Å². The summed E-state index contributed by atoms with van der Waals surface area (Å²) in [6.45, 7) is 3.87. The average molecular weight is 243 g/mol. The molecule has 2 nitrogen and oxygen atoms in total. The summed E-state index contributed by atoms with van der Waals surface area (Å²) in [7, 11) is 0. The second-order valence-electron chi connectivity index (χ2n) is 3.81. The monoisotopic (exact) mass is 242 g/mol. The molecule has 0 amide bonds. The molecule has 0 fully saturated rings. The Kier molecular flexibility index (Phi) is 3.12. The second kappa shape index (κ2) is 4.57. The zero-order valence-corrected chi connectivity index (χ0v) is 10.4. The normalized spacial score (nSPS) is 10.0. The molecule has 0 atom stereocenters. The molecular formula is C14H11ClN2. The van der Waals surface area contributed by atoms with Crippen molar-refractivity contribution >= 4 is 11.6 Å². The molecule has 0 spiro atoms. The van der Waals surface area contributed by atoms with Crippen LogP contribution in [0.2, 0.25) is 5.15 Å². The van der Waals surface area contributed by atoms with E-state index in [0.29, 0.717) is 16.5 Å². The van der Waals surface area contributed by atoms with Crippen LogP contribution in [0.4, 0.5) is 0 Å². The Morgan fingerprint density at radius 2 is 1.76 bits per heavy atom. The molecule has 17 heavy (non-hydrogen) atoms. The molecule has 0 N–H and O–H groups in total. The minimum atomic E-state index is 0.329. The number of rotatable bonds is 1. The third-order valence-corrected chi connectivity index (χ3v) is 2.77. The van der Waals surface area contributed by atoms with E-state index in [1.807, 2.05) is 38.1 Å². The van der Waals surface area contributed by atoms with Gasteiger partial charge >= 0.3 is 0 Å². The molecule has 2 aromatic rings. The summed E-state index contributed by atoms with van der Waals surface area (Å²) in [6, 6.07) is 7.96. The van der Waals surface area contributed by atoms with Crippen molar-refractivity contribution in [3.63, 3.8) is 0 Å². The fourth-order valence-corrected chi connectivity index (χ4v) is 1.80. The topological polar surface area (TPSA) is 25.8 Å². The Hall–Kier alpha value is -1.85. The summed E-state index contributed by atoms with van der Waals surface area (Å²) in [6.07, 6.45) is 5.35. The Balaban J connectivity index is 2.55. The Morgan fingerprint density at radius 1 is 1.12 bits per heavy atom.